The summed E-state index contributed by atoms with van der Waals surface area (Å²) in [6.07, 6.45) is -0.160. The summed E-state index contributed by atoms with van der Waals surface area (Å²) < 4.78 is 92.6. The molecule has 1 aliphatic heterocycles. The van der Waals surface area contributed by atoms with Crippen molar-refractivity contribution in [1.82, 2.24) is 0 Å². The lowest BCUT2D eigenvalue weighted by atomic mass is 9.98. The SMILES string of the molecule is CCOC(=O)C1=CC2(CCC1S(=O)(=O)Cc1ccc(F)cc1Cl)S(=O)(=O)CCS2(=O)=O. The number of sulfone groups is 3. The Bertz CT molecular complexity index is 1230. The normalized spacial score (nSPS) is 24.0. The minimum atomic E-state index is -4.17. The van der Waals surface area contributed by atoms with E-state index in [-0.39, 0.29) is 17.2 Å². The summed E-state index contributed by atoms with van der Waals surface area (Å²) in [6, 6.07) is 3.17. The summed E-state index contributed by atoms with van der Waals surface area (Å²) in [7, 11) is -12.5. The van der Waals surface area contributed by atoms with E-state index in [1.165, 1.54) is 13.0 Å². The molecule has 3 rings (SSSR count). The van der Waals surface area contributed by atoms with Crippen LogP contribution in [0.1, 0.15) is 25.3 Å². The van der Waals surface area contributed by atoms with Crippen LogP contribution in [0.3, 0.4) is 0 Å². The smallest absolute Gasteiger partial charge is 0.335 e. The summed E-state index contributed by atoms with van der Waals surface area (Å²) in [6.45, 7) is 1.35. The first-order valence-electron chi connectivity index (χ1n) is 9.26. The summed E-state index contributed by atoms with van der Waals surface area (Å²) >= 11 is 5.93. The zero-order valence-corrected chi connectivity index (χ0v) is 19.6. The summed E-state index contributed by atoms with van der Waals surface area (Å²) in [5, 5.41) is -1.62. The molecule has 0 N–H and O–H groups in total. The van der Waals surface area contributed by atoms with Gasteiger partial charge in [-0.3, -0.25) is 0 Å². The standard InChI is InChI=1S/C18H20ClFO8S3/c1-2-28-17(21)14-10-18(30(24,25)7-8-31(18,26)27)6-5-16(14)29(22,23)11-12-3-4-13(20)9-15(12)19/h3-4,9-10,16H,2,5-8,11H2,1H3. The third-order valence-electron chi connectivity index (χ3n) is 5.47. The van der Waals surface area contributed by atoms with Crippen molar-refractivity contribution in [1.29, 1.82) is 0 Å². The van der Waals surface area contributed by atoms with Gasteiger partial charge < -0.3 is 4.74 Å². The van der Waals surface area contributed by atoms with Crippen molar-refractivity contribution in [3.05, 3.63) is 46.3 Å². The van der Waals surface area contributed by atoms with Crippen LogP contribution >= 0.6 is 11.6 Å². The fourth-order valence-corrected chi connectivity index (χ4v) is 12.1. The maximum atomic E-state index is 13.3. The molecule has 0 radical (unpaired) electrons. The van der Waals surface area contributed by atoms with Crippen molar-refractivity contribution in [2.45, 2.75) is 34.8 Å². The Kier molecular flexibility index (Phi) is 6.33. The highest BCUT2D eigenvalue weighted by Crippen LogP contribution is 2.45. The second-order valence-corrected chi connectivity index (χ2v) is 14.9. The molecule has 31 heavy (non-hydrogen) atoms. The van der Waals surface area contributed by atoms with Gasteiger partial charge in [-0.25, -0.2) is 34.4 Å². The number of esters is 1. The summed E-state index contributed by atoms with van der Waals surface area (Å²) in [5.41, 5.74) is -0.437. The zero-order chi connectivity index (χ0) is 23.2. The largest absolute Gasteiger partial charge is 0.463 e. The molecule has 172 valence electrons. The van der Waals surface area contributed by atoms with Gasteiger partial charge >= 0.3 is 5.97 Å². The molecule has 8 nitrogen and oxygen atoms in total. The molecule has 13 heteroatoms. The maximum Gasteiger partial charge on any atom is 0.335 e. The van der Waals surface area contributed by atoms with E-state index in [1.54, 1.807) is 0 Å². The number of hydrogen-bond acceptors (Lipinski definition) is 8. The Morgan fingerprint density at radius 2 is 1.84 bits per heavy atom. The van der Waals surface area contributed by atoms with Crippen molar-refractivity contribution in [2.24, 2.45) is 0 Å². The predicted molar refractivity (Wildman–Crippen MR) is 112 cm³/mol. The molecule has 2 aliphatic rings. The lowest BCUT2D eigenvalue weighted by Gasteiger charge is -2.33. The van der Waals surface area contributed by atoms with E-state index in [9.17, 15) is 34.4 Å². The van der Waals surface area contributed by atoms with E-state index in [0.717, 1.165) is 18.2 Å². The molecule has 0 aromatic heterocycles. The highest BCUT2D eigenvalue weighted by atomic mass is 35.5. The van der Waals surface area contributed by atoms with E-state index in [0.29, 0.717) is 0 Å². The van der Waals surface area contributed by atoms with Crippen molar-refractivity contribution in [3.8, 4) is 0 Å². The lowest BCUT2D eigenvalue weighted by molar-refractivity contribution is -0.138. The third-order valence-corrected chi connectivity index (χ3v) is 13.9. The van der Waals surface area contributed by atoms with E-state index >= 15 is 0 Å². The van der Waals surface area contributed by atoms with Crippen LogP contribution in [0.25, 0.3) is 0 Å². The van der Waals surface area contributed by atoms with Gasteiger partial charge in [-0.15, -0.1) is 0 Å². The highest BCUT2D eigenvalue weighted by molar-refractivity contribution is 8.13. The molecule has 1 fully saturated rings. The molecule has 1 aliphatic carbocycles. The molecule has 1 heterocycles. The van der Waals surface area contributed by atoms with E-state index in [1.807, 2.05) is 0 Å². The molecule has 0 bridgehead atoms. The highest BCUT2D eigenvalue weighted by Gasteiger charge is 2.61. The van der Waals surface area contributed by atoms with Gasteiger partial charge in [-0.1, -0.05) is 17.7 Å². The van der Waals surface area contributed by atoms with Crippen LogP contribution in [0.4, 0.5) is 4.39 Å². The Morgan fingerprint density at radius 3 is 2.39 bits per heavy atom. The minimum absolute atomic E-state index is 0.0904. The van der Waals surface area contributed by atoms with Gasteiger partial charge in [-0.05, 0) is 43.5 Å². The molecule has 1 spiro atoms. The van der Waals surface area contributed by atoms with Crippen LogP contribution < -0.4 is 0 Å². The molecule has 1 saturated heterocycles. The first kappa shape index (κ1) is 24.1. The van der Waals surface area contributed by atoms with E-state index < -0.39 is 86.3 Å². The molecule has 1 unspecified atom stereocenters. The second-order valence-electron chi connectivity index (χ2n) is 7.34. The zero-order valence-electron chi connectivity index (χ0n) is 16.4. The second kappa shape index (κ2) is 8.13. The van der Waals surface area contributed by atoms with E-state index in [2.05, 4.69) is 0 Å². The van der Waals surface area contributed by atoms with Crippen molar-refractivity contribution in [2.75, 3.05) is 18.1 Å². The maximum absolute atomic E-state index is 13.3. The number of hydrogen-bond donors (Lipinski definition) is 0. The first-order chi connectivity index (χ1) is 14.3. The minimum Gasteiger partial charge on any atom is -0.463 e. The van der Waals surface area contributed by atoms with Crippen LogP contribution in [0.5, 0.6) is 0 Å². The van der Waals surface area contributed by atoms with E-state index in [4.69, 9.17) is 16.3 Å². The van der Waals surface area contributed by atoms with Gasteiger partial charge in [0.05, 0.1) is 34.7 Å². The van der Waals surface area contributed by atoms with Gasteiger partial charge in [0.15, 0.2) is 33.6 Å². The molecule has 0 amide bonds. The predicted octanol–water partition coefficient (Wildman–Crippen LogP) is 1.59. The van der Waals surface area contributed by atoms with Gasteiger partial charge in [0, 0.05) is 5.02 Å². The number of halogens is 2. The molecular weight excluding hydrogens is 495 g/mol. The van der Waals surface area contributed by atoms with Crippen LogP contribution in [-0.4, -0.2) is 58.7 Å². The number of carbonyl (C=O) groups excluding carboxylic acids is 1. The molecule has 0 saturated carbocycles. The first-order valence-corrected chi connectivity index (χ1v) is 14.7. The Labute approximate surface area is 185 Å². The molecule has 1 aromatic carbocycles. The summed E-state index contributed by atoms with van der Waals surface area (Å²) in [4.78, 5) is 12.6. The van der Waals surface area contributed by atoms with Gasteiger partial charge in [0.1, 0.15) is 5.82 Å². The third kappa shape index (κ3) is 4.14. The Morgan fingerprint density at radius 1 is 1.23 bits per heavy atom. The average Bonchev–Trinajstić information content (AvgIpc) is 2.84. The number of benzene rings is 1. The van der Waals surface area contributed by atoms with Crippen LogP contribution in [-0.2, 0) is 44.8 Å². The molecule has 1 aromatic rings. The van der Waals surface area contributed by atoms with Crippen LogP contribution in [0, 0.1) is 5.82 Å². The van der Waals surface area contributed by atoms with Gasteiger partial charge in [0.2, 0.25) is 0 Å². The van der Waals surface area contributed by atoms with Crippen molar-refractivity contribution < 1.29 is 39.2 Å². The van der Waals surface area contributed by atoms with Crippen molar-refractivity contribution >= 4 is 47.1 Å². The Balaban J connectivity index is 2.11. The number of ether oxygens (including phenoxy) is 1. The van der Waals surface area contributed by atoms with Crippen LogP contribution in [0.2, 0.25) is 5.02 Å². The number of rotatable bonds is 5. The van der Waals surface area contributed by atoms with Gasteiger partial charge in [-0.2, -0.15) is 0 Å². The lowest BCUT2D eigenvalue weighted by Crippen LogP contribution is -2.46. The Hall–Kier alpha value is -1.50. The number of carbonyl (C=O) groups is 1. The fourth-order valence-electron chi connectivity index (χ4n) is 3.87. The monoisotopic (exact) mass is 514 g/mol. The van der Waals surface area contributed by atoms with Gasteiger partial charge in [0.25, 0.3) is 0 Å². The molecular formula is C18H20ClFO8S3. The topological polar surface area (TPSA) is 129 Å². The average molecular weight is 515 g/mol. The van der Waals surface area contributed by atoms with Crippen LogP contribution in [0.15, 0.2) is 29.8 Å². The fraction of sp³-hybridized carbons (Fsp3) is 0.500. The molecule has 1 atom stereocenters. The quantitative estimate of drug-likeness (QED) is 0.542. The summed E-state index contributed by atoms with van der Waals surface area (Å²) in [5.74, 6) is -3.62. The van der Waals surface area contributed by atoms with Crippen molar-refractivity contribution in [3.63, 3.8) is 0 Å².